The van der Waals surface area contributed by atoms with Gasteiger partial charge in [-0.2, -0.15) is 0 Å². The first-order valence-corrected chi connectivity index (χ1v) is 26.9. The highest BCUT2D eigenvalue weighted by Gasteiger charge is 2.41. The van der Waals surface area contributed by atoms with E-state index in [9.17, 15) is 24.0 Å². The SMILES string of the molecule is C=C/C(=C(\N=C/C)[C@H](C)OC)c1c2c3cc(ccc3n1CC)-c1cc(cc(C(F)F)c1)C[C@H](NC(=O)[C@H](C(C)C)N(C)C(=O)[C@H]1CCN(C(=O)C#CC(C)(C)N3CCC3)C1)C(=O)N1CCC[C@H](N1)C(=O)OCC(C)(C)C2. The molecule has 4 amide bonds. The molecular formula is C59H78F2N8O7. The van der Waals surface area contributed by atoms with Crippen LogP contribution in [0.2, 0.25) is 0 Å². The van der Waals surface area contributed by atoms with Crippen molar-refractivity contribution >= 4 is 52.3 Å². The zero-order valence-corrected chi connectivity index (χ0v) is 46.4. The second kappa shape index (κ2) is 24.0. The molecule has 0 saturated carbocycles. The summed E-state index contributed by atoms with van der Waals surface area (Å²) in [6.45, 7) is 24.8. The van der Waals surface area contributed by atoms with Crippen LogP contribution in [0.25, 0.3) is 27.6 Å². The summed E-state index contributed by atoms with van der Waals surface area (Å²) in [6.07, 6.45) is 2.74. The number of hydrogen-bond donors (Lipinski definition) is 2. The second-order valence-corrected chi connectivity index (χ2v) is 22.4. The van der Waals surface area contributed by atoms with Gasteiger partial charge in [-0.3, -0.25) is 38.9 Å². The number of alkyl halides is 2. The molecule has 2 N–H and O–H groups in total. The van der Waals surface area contributed by atoms with Gasteiger partial charge in [-0.05, 0) is 119 Å². The minimum atomic E-state index is -2.87. The fraction of sp³-hybridized carbons (Fsp3) is 0.559. The van der Waals surface area contributed by atoms with E-state index in [0.717, 1.165) is 47.2 Å². The van der Waals surface area contributed by atoms with Crippen LogP contribution in [-0.2, 0) is 52.8 Å². The minimum Gasteiger partial charge on any atom is -0.464 e. The predicted octanol–water partition coefficient (Wildman–Crippen LogP) is 7.76. The number of fused-ring (bicyclic) bond motifs is 6. The standard InChI is InChI=1S/C59H78F2N8O7/c1-13-43(50(62-14-2)37(6)75-12)52-45-33-58(7,8)35-76-57(74)46-18-16-26-69(64-46)56(73)47(30-38-28-41(31-42(29-38)53(60)61)39-19-20-48(44(45)32-39)68(52)15-3)63-54(71)51(36(4)5)65(11)55(72)40-22-27-66(34-40)49(70)21-23-59(9,10)67-24-17-25-67/h13-14,19-20,28-29,31-32,36-37,40,46-47,51,53,64H,1,15-18,22,24-27,30,33-35H2,2-12H3,(H,63,71)/b50-43+,62-14-/t37-,40-,46-,47-,51-/m0/s1. The number of benzene rings is 2. The number of nitrogens with zero attached hydrogens (tertiary/aromatic N) is 6. The Kier molecular flexibility index (Phi) is 18.1. The molecule has 76 heavy (non-hydrogen) atoms. The molecule has 3 fully saturated rings. The van der Waals surface area contributed by atoms with Gasteiger partial charge in [0.1, 0.15) is 18.1 Å². The third-order valence-electron chi connectivity index (χ3n) is 15.5. The van der Waals surface area contributed by atoms with Gasteiger partial charge >= 0.3 is 5.97 Å². The average molecular weight is 1050 g/mol. The van der Waals surface area contributed by atoms with Crippen LogP contribution in [0.15, 0.2) is 59.7 Å². The van der Waals surface area contributed by atoms with Crippen molar-refractivity contribution in [3.63, 3.8) is 0 Å². The Morgan fingerprint density at radius 1 is 1.05 bits per heavy atom. The van der Waals surface area contributed by atoms with Gasteiger partial charge in [-0.25, -0.2) is 14.2 Å². The Labute approximate surface area is 447 Å². The number of allylic oxidation sites excluding steroid dienone is 2. The Balaban J connectivity index is 1.28. The zero-order chi connectivity index (χ0) is 55.4. The largest absolute Gasteiger partial charge is 0.464 e. The van der Waals surface area contributed by atoms with Crippen molar-refractivity contribution in [3.05, 3.63) is 77.1 Å². The van der Waals surface area contributed by atoms with E-state index in [4.69, 9.17) is 14.5 Å². The van der Waals surface area contributed by atoms with Gasteiger partial charge in [0.15, 0.2) is 0 Å². The number of cyclic esters (lactones) is 1. The molecule has 1 aromatic heterocycles. The summed E-state index contributed by atoms with van der Waals surface area (Å²) in [7, 11) is 3.17. The van der Waals surface area contributed by atoms with Crippen molar-refractivity contribution in [3.8, 4) is 23.0 Å². The lowest BCUT2D eigenvalue weighted by Crippen LogP contribution is -2.62. The van der Waals surface area contributed by atoms with Crippen LogP contribution in [0, 0.1) is 29.1 Å². The summed E-state index contributed by atoms with van der Waals surface area (Å²) in [6, 6.07) is 7.17. The number of aromatic nitrogens is 1. The highest BCUT2D eigenvalue weighted by molar-refractivity contribution is 5.97. The average Bonchev–Trinajstić information content (AvgIpc) is 3.98. The maximum absolute atomic E-state index is 15.1. The normalized spacial score (nSPS) is 21.6. The number of nitrogens with one attached hydrogen (secondary N) is 2. The third kappa shape index (κ3) is 12.5. The molecule has 3 saturated heterocycles. The molecule has 0 radical (unpaired) electrons. The van der Waals surface area contributed by atoms with Crippen LogP contribution in [0.1, 0.15) is 117 Å². The molecular weight excluding hydrogens is 971 g/mol. The summed E-state index contributed by atoms with van der Waals surface area (Å²) in [4.78, 5) is 81.2. The molecule has 6 bridgehead atoms. The predicted molar refractivity (Wildman–Crippen MR) is 292 cm³/mol. The van der Waals surface area contributed by atoms with Gasteiger partial charge in [0.25, 0.3) is 18.2 Å². The van der Waals surface area contributed by atoms with E-state index in [1.54, 1.807) is 51.3 Å². The number of aliphatic imine (C=N–C) groups is 1. The summed E-state index contributed by atoms with van der Waals surface area (Å²) in [5.41, 5.74) is 7.32. The van der Waals surface area contributed by atoms with Gasteiger partial charge in [-0.15, -0.1) is 0 Å². The highest BCUT2D eigenvalue weighted by Crippen LogP contribution is 2.41. The van der Waals surface area contributed by atoms with E-state index in [2.05, 4.69) is 38.6 Å². The van der Waals surface area contributed by atoms with Crippen molar-refractivity contribution in [1.29, 1.82) is 0 Å². The number of aryl methyl sites for hydroxylation is 1. The van der Waals surface area contributed by atoms with Gasteiger partial charge in [0, 0.05) is 93.5 Å². The smallest absolute Gasteiger partial charge is 0.324 e. The van der Waals surface area contributed by atoms with E-state index < -0.39 is 71.2 Å². The number of hydrogen-bond acceptors (Lipinski definition) is 10. The molecule has 2 aromatic carbocycles. The fourth-order valence-electron chi connectivity index (χ4n) is 11.1. The Morgan fingerprint density at radius 2 is 1.79 bits per heavy atom. The van der Waals surface area contributed by atoms with Crippen LogP contribution in [0.3, 0.4) is 0 Å². The van der Waals surface area contributed by atoms with Crippen molar-refractivity contribution in [2.75, 3.05) is 53.5 Å². The summed E-state index contributed by atoms with van der Waals surface area (Å²) in [5, 5.41) is 5.12. The molecule has 410 valence electrons. The number of carbonyl (C=O) groups excluding carboxylic acids is 5. The molecule has 5 atom stereocenters. The van der Waals surface area contributed by atoms with Crippen LogP contribution in [-0.4, -0.2) is 143 Å². The van der Waals surface area contributed by atoms with E-state index in [1.807, 2.05) is 66.7 Å². The summed E-state index contributed by atoms with van der Waals surface area (Å²) >= 11 is 0. The molecule has 4 aliphatic rings. The van der Waals surface area contributed by atoms with Crippen LogP contribution in [0.5, 0.6) is 0 Å². The van der Waals surface area contributed by atoms with Crippen molar-refractivity contribution in [2.45, 2.75) is 144 Å². The van der Waals surface area contributed by atoms with Crippen molar-refractivity contribution < 1.29 is 42.2 Å². The van der Waals surface area contributed by atoms with Crippen molar-refractivity contribution in [1.82, 2.24) is 35.0 Å². The Morgan fingerprint density at radius 3 is 2.42 bits per heavy atom. The van der Waals surface area contributed by atoms with Gasteiger partial charge in [-0.1, -0.05) is 64.5 Å². The maximum Gasteiger partial charge on any atom is 0.324 e. The van der Waals surface area contributed by atoms with Crippen LogP contribution >= 0.6 is 0 Å². The Hall–Kier alpha value is -6.22. The van der Waals surface area contributed by atoms with Gasteiger partial charge < -0.3 is 29.2 Å². The van der Waals surface area contributed by atoms with E-state index in [0.29, 0.717) is 61.2 Å². The number of methoxy groups -OCH3 is 1. The van der Waals surface area contributed by atoms with Crippen LogP contribution in [0.4, 0.5) is 8.78 Å². The van der Waals surface area contributed by atoms with Crippen molar-refractivity contribution in [2.24, 2.45) is 22.2 Å². The van der Waals surface area contributed by atoms with Gasteiger partial charge in [0.2, 0.25) is 11.8 Å². The molecule has 0 aliphatic carbocycles. The topological polar surface area (TPSA) is 158 Å². The number of hydrazine groups is 1. The number of halogens is 2. The number of likely N-dealkylation sites (tertiary alicyclic amines) is 2. The minimum absolute atomic E-state index is 0.0271. The number of amides is 4. The second-order valence-electron chi connectivity index (χ2n) is 22.4. The molecule has 5 heterocycles. The molecule has 3 aromatic rings. The number of rotatable bonds is 13. The summed E-state index contributed by atoms with van der Waals surface area (Å²) in [5.74, 6) is 2.46. The maximum atomic E-state index is 15.1. The molecule has 7 rings (SSSR count). The first kappa shape index (κ1) is 57.5. The lowest BCUT2D eigenvalue weighted by Gasteiger charge is -2.41. The summed E-state index contributed by atoms with van der Waals surface area (Å²) < 4.78 is 44.3. The number of esters is 1. The molecule has 15 nitrogen and oxygen atoms in total. The lowest BCUT2D eigenvalue weighted by atomic mass is 9.84. The number of carbonyl (C=O) groups is 5. The first-order valence-electron chi connectivity index (χ1n) is 26.9. The zero-order valence-electron chi connectivity index (χ0n) is 46.4. The monoisotopic (exact) mass is 1050 g/mol. The van der Waals surface area contributed by atoms with Gasteiger partial charge in [0.05, 0.1) is 35.6 Å². The molecule has 0 unspecified atom stereocenters. The van der Waals surface area contributed by atoms with E-state index >= 15 is 8.78 Å². The highest BCUT2D eigenvalue weighted by atomic mass is 19.3. The molecule has 0 spiro atoms. The Bertz CT molecular complexity index is 2840. The third-order valence-corrected chi connectivity index (χ3v) is 15.5. The fourth-order valence-corrected chi connectivity index (χ4v) is 11.1. The molecule has 17 heteroatoms. The first-order chi connectivity index (χ1) is 36.0. The molecule has 4 aliphatic heterocycles. The number of ether oxygens (including phenoxy) is 2. The number of likely N-dealkylation sites (N-methyl/N-ethyl adjacent to an activating group) is 1. The van der Waals surface area contributed by atoms with E-state index in [1.165, 1.54) is 22.0 Å². The lowest BCUT2D eigenvalue weighted by molar-refractivity contribution is -0.155. The quantitative estimate of drug-likeness (QED) is 0.0756. The van der Waals surface area contributed by atoms with Crippen LogP contribution < -0.4 is 10.7 Å². The van der Waals surface area contributed by atoms with E-state index in [-0.39, 0.29) is 43.5 Å².